The minimum atomic E-state index is -3.25. The van der Waals surface area contributed by atoms with Crippen LogP contribution in [0.15, 0.2) is 29.3 Å². The van der Waals surface area contributed by atoms with Crippen LogP contribution < -0.4 is 0 Å². The van der Waals surface area contributed by atoms with Gasteiger partial charge >= 0.3 is 0 Å². The van der Waals surface area contributed by atoms with Crippen molar-refractivity contribution in [1.29, 1.82) is 0 Å². The Kier molecular flexibility index (Phi) is 2.90. The molecule has 1 aromatic rings. The molecule has 0 bridgehead atoms. The summed E-state index contributed by atoms with van der Waals surface area (Å²) in [6, 6.07) is 7.03. The van der Waals surface area contributed by atoms with Crippen LogP contribution in [-0.4, -0.2) is 37.9 Å². The van der Waals surface area contributed by atoms with E-state index in [4.69, 9.17) is 11.6 Å². The average Bonchev–Trinajstić information content (AvgIpc) is 2.65. The molecule has 0 aromatic heterocycles. The van der Waals surface area contributed by atoms with E-state index in [0.717, 1.165) is 5.56 Å². The second-order valence-corrected chi connectivity index (χ2v) is 5.89. The largest absolute Gasteiger partial charge is 0.265 e. The van der Waals surface area contributed by atoms with E-state index >= 15 is 0 Å². The number of halogens is 1. The van der Waals surface area contributed by atoms with Crippen molar-refractivity contribution in [2.75, 3.05) is 19.3 Å². The van der Waals surface area contributed by atoms with E-state index in [1.165, 1.54) is 10.6 Å². The fourth-order valence-electron chi connectivity index (χ4n) is 1.62. The van der Waals surface area contributed by atoms with Gasteiger partial charge in [0, 0.05) is 10.6 Å². The van der Waals surface area contributed by atoms with Crippen LogP contribution in [0.3, 0.4) is 0 Å². The molecule has 0 fully saturated rings. The molecule has 0 radical (unpaired) electrons. The topological polar surface area (TPSA) is 49.7 Å². The third kappa shape index (κ3) is 2.20. The van der Waals surface area contributed by atoms with E-state index in [-0.39, 0.29) is 0 Å². The van der Waals surface area contributed by atoms with Crippen molar-refractivity contribution in [3.63, 3.8) is 0 Å². The Balaban J connectivity index is 2.42. The minimum Gasteiger partial charge on any atom is -0.265 e. The highest BCUT2D eigenvalue weighted by Gasteiger charge is 2.26. The number of hydrogen-bond donors (Lipinski definition) is 0. The van der Waals surface area contributed by atoms with Crippen LogP contribution in [0.25, 0.3) is 0 Å². The summed E-state index contributed by atoms with van der Waals surface area (Å²) in [5, 5.41) is 0.570. The first kappa shape index (κ1) is 11.4. The van der Waals surface area contributed by atoms with Crippen LogP contribution in [0.5, 0.6) is 0 Å². The van der Waals surface area contributed by atoms with Crippen LogP contribution in [0.4, 0.5) is 0 Å². The van der Waals surface area contributed by atoms with Crippen LogP contribution >= 0.6 is 11.6 Å². The fraction of sp³-hybridized carbons (Fsp3) is 0.300. The highest BCUT2D eigenvalue weighted by atomic mass is 35.5. The van der Waals surface area contributed by atoms with Crippen LogP contribution in [0.1, 0.15) is 5.56 Å². The molecule has 86 valence electrons. The van der Waals surface area contributed by atoms with Crippen molar-refractivity contribution in [3.05, 3.63) is 34.9 Å². The monoisotopic (exact) mass is 258 g/mol. The molecule has 2 rings (SSSR count). The van der Waals surface area contributed by atoms with Gasteiger partial charge in [-0.2, -0.15) is 0 Å². The smallest absolute Gasteiger partial charge is 0.233 e. The van der Waals surface area contributed by atoms with E-state index in [1.807, 2.05) is 0 Å². The molecule has 0 saturated heterocycles. The standard InChI is InChI=1S/C10H11ClN2O2S/c1-16(14,15)13-6-5-12-10(13)8-3-2-4-9(11)7-8/h2-4,7H,5-6H2,1H3. The van der Waals surface area contributed by atoms with Crippen molar-refractivity contribution in [2.45, 2.75) is 0 Å². The van der Waals surface area contributed by atoms with Crippen LogP contribution in [-0.2, 0) is 10.0 Å². The first-order chi connectivity index (χ1) is 7.48. The molecule has 1 aliphatic rings. The molecule has 0 atom stereocenters. The molecule has 0 spiro atoms. The molecule has 0 N–H and O–H groups in total. The second-order valence-electron chi connectivity index (χ2n) is 3.55. The third-order valence-corrected chi connectivity index (χ3v) is 3.68. The summed E-state index contributed by atoms with van der Waals surface area (Å²) < 4.78 is 24.3. The number of benzene rings is 1. The zero-order valence-corrected chi connectivity index (χ0v) is 10.3. The molecule has 0 amide bonds. The molecule has 4 nitrogen and oxygen atoms in total. The highest BCUT2D eigenvalue weighted by Crippen LogP contribution is 2.17. The van der Waals surface area contributed by atoms with Crippen LogP contribution in [0.2, 0.25) is 5.02 Å². The van der Waals surface area contributed by atoms with Crippen molar-refractivity contribution >= 4 is 27.5 Å². The van der Waals surface area contributed by atoms with Crippen molar-refractivity contribution in [2.24, 2.45) is 4.99 Å². The lowest BCUT2D eigenvalue weighted by Gasteiger charge is -2.17. The van der Waals surface area contributed by atoms with E-state index in [9.17, 15) is 8.42 Å². The van der Waals surface area contributed by atoms with E-state index in [0.29, 0.717) is 23.9 Å². The van der Waals surface area contributed by atoms with Gasteiger partial charge in [-0.25, -0.2) is 8.42 Å². The fourth-order valence-corrected chi connectivity index (χ4v) is 2.70. The lowest BCUT2D eigenvalue weighted by atomic mass is 10.2. The normalized spacial score (nSPS) is 16.4. The lowest BCUT2D eigenvalue weighted by molar-refractivity contribution is 0.544. The first-order valence-electron chi connectivity index (χ1n) is 4.76. The summed E-state index contributed by atoms with van der Waals surface area (Å²) >= 11 is 5.86. The number of rotatable bonds is 2. The zero-order valence-electron chi connectivity index (χ0n) is 8.72. The van der Waals surface area contributed by atoms with Gasteiger partial charge < -0.3 is 0 Å². The third-order valence-electron chi connectivity index (χ3n) is 2.28. The van der Waals surface area contributed by atoms with Gasteiger partial charge in [-0.15, -0.1) is 0 Å². The Labute approximate surface area is 99.6 Å². The maximum atomic E-state index is 11.5. The van der Waals surface area contributed by atoms with Gasteiger partial charge in [0.1, 0.15) is 5.84 Å². The van der Waals surface area contributed by atoms with Crippen LogP contribution in [0, 0.1) is 0 Å². The summed E-state index contributed by atoms with van der Waals surface area (Å²) in [7, 11) is -3.25. The Hall–Kier alpha value is -1.07. The quantitative estimate of drug-likeness (QED) is 0.804. The molecule has 0 aliphatic carbocycles. The number of amidine groups is 1. The Morgan fingerprint density at radius 3 is 2.81 bits per heavy atom. The van der Waals surface area contributed by atoms with Gasteiger partial charge in [0.2, 0.25) is 10.0 Å². The number of aliphatic imine (C=N–C) groups is 1. The van der Waals surface area contributed by atoms with Gasteiger partial charge in [-0.05, 0) is 12.1 Å². The van der Waals surface area contributed by atoms with Crippen molar-refractivity contribution < 1.29 is 8.42 Å². The van der Waals surface area contributed by atoms with Gasteiger partial charge in [-0.3, -0.25) is 9.30 Å². The molecule has 6 heteroatoms. The predicted molar refractivity (Wildman–Crippen MR) is 64.4 cm³/mol. The minimum absolute atomic E-state index is 0.403. The zero-order chi connectivity index (χ0) is 11.8. The van der Waals surface area contributed by atoms with E-state index in [1.54, 1.807) is 24.3 Å². The SMILES string of the molecule is CS(=O)(=O)N1CCN=C1c1cccc(Cl)c1. The van der Waals surface area contributed by atoms with E-state index in [2.05, 4.69) is 4.99 Å². The first-order valence-corrected chi connectivity index (χ1v) is 6.99. The number of nitrogens with zero attached hydrogens (tertiary/aromatic N) is 2. The van der Waals surface area contributed by atoms with Crippen molar-refractivity contribution in [3.8, 4) is 0 Å². The lowest BCUT2D eigenvalue weighted by Crippen LogP contribution is -2.33. The Morgan fingerprint density at radius 1 is 1.44 bits per heavy atom. The van der Waals surface area contributed by atoms with Crippen molar-refractivity contribution in [1.82, 2.24) is 4.31 Å². The highest BCUT2D eigenvalue weighted by molar-refractivity contribution is 7.88. The van der Waals surface area contributed by atoms with Gasteiger partial charge in [0.25, 0.3) is 0 Å². The van der Waals surface area contributed by atoms with E-state index < -0.39 is 10.0 Å². The Morgan fingerprint density at radius 2 is 2.19 bits per heavy atom. The van der Waals surface area contributed by atoms with Gasteiger partial charge in [0.15, 0.2) is 0 Å². The molecule has 16 heavy (non-hydrogen) atoms. The molecular weight excluding hydrogens is 248 g/mol. The average molecular weight is 259 g/mol. The maximum Gasteiger partial charge on any atom is 0.233 e. The summed E-state index contributed by atoms with van der Waals surface area (Å²) in [6.07, 6.45) is 1.18. The second kappa shape index (κ2) is 4.07. The Bertz CT molecular complexity index is 540. The molecule has 1 aromatic carbocycles. The number of sulfonamides is 1. The molecule has 1 heterocycles. The maximum absolute atomic E-state index is 11.5. The van der Waals surface area contributed by atoms with Gasteiger partial charge in [-0.1, -0.05) is 23.7 Å². The molecule has 0 unspecified atom stereocenters. The summed E-state index contributed by atoms with van der Waals surface area (Å²) in [4.78, 5) is 4.20. The summed E-state index contributed by atoms with van der Waals surface area (Å²) in [5.74, 6) is 0.477. The van der Waals surface area contributed by atoms with Gasteiger partial charge in [0.05, 0.1) is 19.3 Å². The summed E-state index contributed by atoms with van der Waals surface area (Å²) in [5.41, 5.74) is 0.732. The predicted octanol–water partition coefficient (Wildman–Crippen LogP) is 1.36. The molecule has 0 saturated carbocycles. The summed E-state index contributed by atoms with van der Waals surface area (Å²) in [6.45, 7) is 0.898. The number of hydrogen-bond acceptors (Lipinski definition) is 3. The molecular formula is C10H11ClN2O2S. The molecule has 1 aliphatic heterocycles.